The molecule has 100 valence electrons. The number of nitrogens with zero attached hydrogens (tertiary/aromatic N) is 3. The molecule has 0 aliphatic rings. The lowest BCUT2D eigenvalue weighted by Crippen LogP contribution is -2.33. The van der Waals surface area contributed by atoms with E-state index in [2.05, 4.69) is 10.1 Å². The van der Waals surface area contributed by atoms with Crippen LogP contribution in [0.5, 0.6) is 0 Å². The Bertz CT molecular complexity index is 411. The van der Waals surface area contributed by atoms with Gasteiger partial charge in [0.15, 0.2) is 5.84 Å². The molecule has 7 heteroatoms. The van der Waals surface area contributed by atoms with Crippen LogP contribution in [0.15, 0.2) is 23.5 Å². The van der Waals surface area contributed by atoms with Crippen molar-refractivity contribution in [2.75, 3.05) is 32.2 Å². The molecule has 1 unspecified atom stereocenters. The molecular formula is C11H18N4O3. The van der Waals surface area contributed by atoms with Crippen molar-refractivity contribution in [1.82, 2.24) is 4.98 Å². The van der Waals surface area contributed by atoms with Gasteiger partial charge in [-0.15, -0.1) is 0 Å². The summed E-state index contributed by atoms with van der Waals surface area (Å²) in [4.78, 5) is 5.88. The Balaban J connectivity index is 2.88. The number of likely N-dealkylation sites (N-methyl/N-ethyl adjacent to an activating group) is 1. The number of anilines is 1. The minimum Gasteiger partial charge on any atom is -0.409 e. The van der Waals surface area contributed by atoms with Gasteiger partial charge in [-0.1, -0.05) is 5.16 Å². The quantitative estimate of drug-likeness (QED) is 0.277. The van der Waals surface area contributed by atoms with Gasteiger partial charge in [-0.25, -0.2) is 4.98 Å². The first kappa shape index (κ1) is 14.2. The van der Waals surface area contributed by atoms with E-state index >= 15 is 0 Å². The molecule has 0 bridgehead atoms. The van der Waals surface area contributed by atoms with Crippen LogP contribution in [0.3, 0.4) is 0 Å². The molecule has 0 amide bonds. The van der Waals surface area contributed by atoms with E-state index in [-0.39, 0.29) is 12.4 Å². The zero-order chi connectivity index (χ0) is 13.5. The number of methoxy groups -OCH3 is 1. The number of ether oxygens (including phenoxy) is 1. The van der Waals surface area contributed by atoms with Gasteiger partial charge in [-0.05, 0) is 12.1 Å². The van der Waals surface area contributed by atoms with Crippen LogP contribution < -0.4 is 10.6 Å². The second kappa shape index (κ2) is 6.77. The summed E-state index contributed by atoms with van der Waals surface area (Å²) in [5, 5.41) is 21.3. The van der Waals surface area contributed by atoms with Gasteiger partial charge in [-0.2, -0.15) is 0 Å². The van der Waals surface area contributed by atoms with Crippen molar-refractivity contribution in [2.45, 2.75) is 6.10 Å². The summed E-state index contributed by atoms with van der Waals surface area (Å²) in [6, 6.07) is 3.38. The third kappa shape index (κ3) is 3.57. The zero-order valence-corrected chi connectivity index (χ0v) is 10.4. The SMILES string of the molecule is COCC(O)CN(C)c1ncccc1C(N)=NO. The van der Waals surface area contributed by atoms with Crippen molar-refractivity contribution in [3.63, 3.8) is 0 Å². The van der Waals surface area contributed by atoms with E-state index in [1.54, 1.807) is 30.3 Å². The minimum absolute atomic E-state index is 0.0221. The van der Waals surface area contributed by atoms with Crippen LogP contribution in [0.4, 0.5) is 5.82 Å². The predicted molar refractivity (Wildman–Crippen MR) is 67.9 cm³/mol. The van der Waals surface area contributed by atoms with Gasteiger partial charge in [0.2, 0.25) is 0 Å². The van der Waals surface area contributed by atoms with Crippen LogP contribution in [-0.2, 0) is 4.74 Å². The Morgan fingerprint density at radius 3 is 3.00 bits per heavy atom. The van der Waals surface area contributed by atoms with Crippen LogP contribution in [0.1, 0.15) is 5.56 Å². The van der Waals surface area contributed by atoms with Crippen molar-refractivity contribution >= 4 is 11.7 Å². The van der Waals surface area contributed by atoms with Crippen LogP contribution in [-0.4, -0.2) is 54.5 Å². The lowest BCUT2D eigenvalue weighted by atomic mass is 10.2. The molecule has 1 aromatic heterocycles. The topological polar surface area (TPSA) is 104 Å². The second-order valence-corrected chi connectivity index (χ2v) is 3.85. The fraction of sp³-hybridized carbons (Fsp3) is 0.455. The summed E-state index contributed by atoms with van der Waals surface area (Å²) in [7, 11) is 3.28. The lowest BCUT2D eigenvalue weighted by Gasteiger charge is -2.23. The minimum atomic E-state index is -0.637. The number of pyridine rings is 1. The van der Waals surface area contributed by atoms with Crippen molar-refractivity contribution in [3.8, 4) is 0 Å². The fourth-order valence-corrected chi connectivity index (χ4v) is 1.60. The Kier molecular flexibility index (Phi) is 5.34. The van der Waals surface area contributed by atoms with Gasteiger partial charge >= 0.3 is 0 Å². The van der Waals surface area contributed by atoms with E-state index in [9.17, 15) is 5.11 Å². The second-order valence-electron chi connectivity index (χ2n) is 3.85. The van der Waals surface area contributed by atoms with Gasteiger partial charge in [0.25, 0.3) is 0 Å². The largest absolute Gasteiger partial charge is 0.409 e. The predicted octanol–water partition coefficient (Wildman–Crippen LogP) is -0.380. The first-order valence-corrected chi connectivity index (χ1v) is 5.41. The average molecular weight is 254 g/mol. The molecule has 0 saturated carbocycles. The molecule has 0 radical (unpaired) electrons. The average Bonchev–Trinajstić information content (AvgIpc) is 2.38. The molecule has 1 aromatic rings. The van der Waals surface area contributed by atoms with E-state index in [1.165, 1.54) is 7.11 Å². The first-order valence-electron chi connectivity index (χ1n) is 5.41. The molecule has 1 atom stereocenters. The van der Waals surface area contributed by atoms with Gasteiger partial charge in [0, 0.05) is 26.9 Å². The number of aliphatic hydroxyl groups is 1. The highest BCUT2D eigenvalue weighted by Crippen LogP contribution is 2.15. The molecular weight excluding hydrogens is 236 g/mol. The highest BCUT2D eigenvalue weighted by molar-refractivity contribution is 6.01. The maximum absolute atomic E-state index is 9.66. The van der Waals surface area contributed by atoms with E-state index < -0.39 is 6.10 Å². The maximum Gasteiger partial charge on any atom is 0.173 e. The highest BCUT2D eigenvalue weighted by atomic mass is 16.5. The molecule has 0 aliphatic carbocycles. The molecule has 18 heavy (non-hydrogen) atoms. The van der Waals surface area contributed by atoms with Gasteiger partial charge in [-0.3, -0.25) is 0 Å². The Hall–Kier alpha value is -1.86. The third-order valence-corrected chi connectivity index (χ3v) is 2.38. The van der Waals surface area contributed by atoms with Gasteiger partial charge < -0.3 is 25.7 Å². The lowest BCUT2D eigenvalue weighted by molar-refractivity contribution is 0.0694. The summed E-state index contributed by atoms with van der Waals surface area (Å²) in [5.74, 6) is 0.508. The Morgan fingerprint density at radius 2 is 2.39 bits per heavy atom. The first-order chi connectivity index (χ1) is 8.60. The van der Waals surface area contributed by atoms with Crippen molar-refractivity contribution in [2.24, 2.45) is 10.9 Å². The maximum atomic E-state index is 9.66. The number of aromatic nitrogens is 1. The highest BCUT2D eigenvalue weighted by Gasteiger charge is 2.15. The number of oxime groups is 1. The number of amidine groups is 1. The molecule has 0 aliphatic heterocycles. The summed E-state index contributed by atoms with van der Waals surface area (Å²) in [5.41, 5.74) is 6.08. The number of hydrogen-bond donors (Lipinski definition) is 3. The van der Waals surface area contributed by atoms with Gasteiger partial charge in [0.05, 0.1) is 18.3 Å². The van der Waals surface area contributed by atoms with Crippen molar-refractivity contribution < 1.29 is 15.1 Å². The normalized spacial score (nSPS) is 13.4. The molecule has 0 aromatic carbocycles. The Labute approximate surface area is 105 Å². The molecule has 0 fully saturated rings. The van der Waals surface area contributed by atoms with E-state index in [4.69, 9.17) is 15.7 Å². The Morgan fingerprint density at radius 1 is 1.67 bits per heavy atom. The van der Waals surface area contributed by atoms with Crippen molar-refractivity contribution in [1.29, 1.82) is 0 Å². The van der Waals surface area contributed by atoms with Crippen LogP contribution in [0.2, 0.25) is 0 Å². The summed E-state index contributed by atoms with van der Waals surface area (Å²) in [6.45, 7) is 0.562. The fourth-order valence-electron chi connectivity index (χ4n) is 1.60. The molecule has 0 saturated heterocycles. The summed E-state index contributed by atoms with van der Waals surface area (Å²) in [6.07, 6.45) is 0.963. The standard InChI is InChI=1S/C11H18N4O3/c1-15(6-8(16)7-18-2)11-9(10(12)14-17)4-3-5-13-11/h3-5,8,16-17H,6-7H2,1-2H3,(H2,12,14). The van der Waals surface area contributed by atoms with Crippen LogP contribution in [0, 0.1) is 0 Å². The molecule has 4 N–H and O–H groups in total. The van der Waals surface area contributed by atoms with E-state index in [0.29, 0.717) is 17.9 Å². The third-order valence-electron chi connectivity index (χ3n) is 2.38. The molecule has 1 rings (SSSR count). The number of nitrogens with two attached hydrogens (primary N) is 1. The number of hydrogen-bond acceptors (Lipinski definition) is 6. The molecule has 1 heterocycles. The number of rotatable bonds is 6. The van der Waals surface area contributed by atoms with E-state index in [0.717, 1.165) is 0 Å². The number of aliphatic hydroxyl groups excluding tert-OH is 1. The zero-order valence-electron chi connectivity index (χ0n) is 10.4. The van der Waals surface area contributed by atoms with Crippen LogP contribution >= 0.6 is 0 Å². The van der Waals surface area contributed by atoms with Gasteiger partial charge in [0.1, 0.15) is 5.82 Å². The van der Waals surface area contributed by atoms with Crippen molar-refractivity contribution in [3.05, 3.63) is 23.9 Å². The molecule has 7 nitrogen and oxygen atoms in total. The molecule has 0 spiro atoms. The summed E-state index contributed by atoms with van der Waals surface area (Å²) < 4.78 is 4.85. The van der Waals surface area contributed by atoms with Crippen LogP contribution in [0.25, 0.3) is 0 Å². The summed E-state index contributed by atoms with van der Waals surface area (Å²) >= 11 is 0. The smallest absolute Gasteiger partial charge is 0.173 e. The van der Waals surface area contributed by atoms with E-state index in [1.807, 2.05) is 0 Å². The monoisotopic (exact) mass is 254 g/mol.